The van der Waals surface area contributed by atoms with Gasteiger partial charge in [-0.15, -0.1) is 0 Å². The van der Waals surface area contributed by atoms with E-state index >= 15 is 0 Å². The van der Waals surface area contributed by atoms with Crippen LogP contribution in [0.3, 0.4) is 0 Å². The fraction of sp³-hybridized carbons (Fsp3) is 1.00. The zero-order chi connectivity index (χ0) is 13.9. The lowest BCUT2D eigenvalue weighted by Gasteiger charge is -2.21. The van der Waals surface area contributed by atoms with Gasteiger partial charge in [-0.25, -0.2) is 0 Å². The van der Waals surface area contributed by atoms with Crippen LogP contribution in [0.4, 0.5) is 0 Å². The smallest absolute Gasteiger partial charge is 0.264 e. The molecule has 0 spiro atoms. The minimum absolute atomic E-state index is 0.162. The molecular weight excluding hydrogens is 258 g/mol. The van der Waals surface area contributed by atoms with Gasteiger partial charge < -0.3 is 15.1 Å². The van der Waals surface area contributed by atoms with E-state index in [1.165, 1.54) is 0 Å². The lowest BCUT2D eigenvalue weighted by molar-refractivity contribution is 0.226. The second kappa shape index (κ2) is 10.7. The number of hydrogen-bond acceptors (Lipinski definition) is 5. The molecule has 0 aromatic carbocycles. The molecule has 0 heterocycles. The summed E-state index contributed by atoms with van der Waals surface area (Å²) in [6.07, 6.45) is 3.59. The highest BCUT2D eigenvalue weighted by Crippen LogP contribution is 2.01. The summed E-state index contributed by atoms with van der Waals surface area (Å²) >= 11 is 0. The quantitative estimate of drug-likeness (QED) is 0.347. The summed E-state index contributed by atoms with van der Waals surface area (Å²) in [5, 5.41) is 17.4. The molecule has 0 aliphatic heterocycles. The molecule has 0 radical (unpaired) electrons. The van der Waals surface area contributed by atoms with Crippen molar-refractivity contribution in [2.45, 2.75) is 32.1 Å². The van der Waals surface area contributed by atoms with Gasteiger partial charge in [-0.05, 0) is 51.7 Å². The van der Waals surface area contributed by atoms with E-state index < -0.39 is 10.1 Å². The van der Waals surface area contributed by atoms with Crippen molar-refractivity contribution >= 4 is 10.1 Å². The summed E-state index contributed by atoms with van der Waals surface area (Å²) in [5.41, 5.74) is 0. The zero-order valence-electron chi connectivity index (χ0n) is 10.8. The van der Waals surface area contributed by atoms with E-state index in [9.17, 15) is 8.42 Å². The molecule has 0 saturated carbocycles. The van der Waals surface area contributed by atoms with Gasteiger partial charge in [0.2, 0.25) is 0 Å². The Morgan fingerprint density at radius 3 is 1.61 bits per heavy atom. The molecule has 0 amide bonds. The van der Waals surface area contributed by atoms with Gasteiger partial charge in [0.25, 0.3) is 10.1 Å². The molecule has 0 unspecified atom stereocenters. The lowest BCUT2D eigenvalue weighted by Crippen LogP contribution is -2.28. The van der Waals surface area contributed by atoms with E-state index in [4.69, 9.17) is 14.8 Å². The van der Waals surface area contributed by atoms with Crippen LogP contribution in [-0.2, 0) is 10.1 Å². The fourth-order valence-corrected chi connectivity index (χ4v) is 2.19. The van der Waals surface area contributed by atoms with E-state index in [1.807, 2.05) is 0 Å². The largest absolute Gasteiger partial charge is 0.396 e. The van der Waals surface area contributed by atoms with Crippen LogP contribution < -0.4 is 0 Å². The van der Waals surface area contributed by atoms with Crippen molar-refractivity contribution in [1.82, 2.24) is 4.90 Å². The van der Waals surface area contributed by atoms with Crippen molar-refractivity contribution in [3.8, 4) is 0 Å². The molecule has 0 aromatic rings. The molecule has 0 aliphatic carbocycles. The standard InChI is InChI=1S/C11H25NO5S/c13-9-3-1-6-12(7-2-4-10-14)8-5-11-18(15,16)17/h13-14H,1-11H2,(H,15,16,17). The first-order valence-electron chi connectivity index (χ1n) is 6.39. The molecule has 0 aromatic heterocycles. The molecule has 0 aliphatic rings. The molecule has 7 heteroatoms. The summed E-state index contributed by atoms with van der Waals surface area (Å²) in [7, 11) is -3.88. The Morgan fingerprint density at radius 1 is 0.778 bits per heavy atom. The lowest BCUT2D eigenvalue weighted by atomic mass is 10.2. The van der Waals surface area contributed by atoms with Gasteiger partial charge in [0, 0.05) is 13.2 Å². The maximum Gasteiger partial charge on any atom is 0.264 e. The predicted molar refractivity (Wildman–Crippen MR) is 70.1 cm³/mol. The number of nitrogens with zero attached hydrogens (tertiary/aromatic N) is 1. The van der Waals surface area contributed by atoms with Gasteiger partial charge in [0.15, 0.2) is 0 Å². The third-order valence-electron chi connectivity index (χ3n) is 2.64. The molecule has 0 atom stereocenters. The first kappa shape index (κ1) is 17.8. The average Bonchev–Trinajstić information content (AvgIpc) is 2.27. The van der Waals surface area contributed by atoms with Gasteiger partial charge in [-0.2, -0.15) is 8.42 Å². The monoisotopic (exact) mass is 283 g/mol. The van der Waals surface area contributed by atoms with Crippen LogP contribution >= 0.6 is 0 Å². The Morgan fingerprint density at radius 2 is 1.22 bits per heavy atom. The summed E-state index contributed by atoms with van der Waals surface area (Å²) < 4.78 is 29.9. The molecule has 0 saturated heterocycles. The normalized spacial score (nSPS) is 12.2. The Labute approximate surface area is 109 Å². The van der Waals surface area contributed by atoms with E-state index in [0.717, 1.165) is 38.8 Å². The van der Waals surface area contributed by atoms with Gasteiger partial charge in [-0.3, -0.25) is 4.55 Å². The van der Waals surface area contributed by atoms with Crippen molar-refractivity contribution in [3.05, 3.63) is 0 Å². The Hall–Kier alpha value is -0.210. The number of unbranched alkanes of at least 4 members (excludes halogenated alkanes) is 2. The third kappa shape index (κ3) is 12.3. The summed E-state index contributed by atoms with van der Waals surface area (Å²) in [6, 6.07) is 0. The fourth-order valence-electron chi connectivity index (χ4n) is 1.70. The van der Waals surface area contributed by atoms with E-state index in [2.05, 4.69) is 4.90 Å². The Kier molecular flexibility index (Phi) is 10.6. The summed E-state index contributed by atoms with van der Waals surface area (Å²) in [4.78, 5) is 2.11. The molecule has 110 valence electrons. The van der Waals surface area contributed by atoms with Crippen LogP contribution in [0.5, 0.6) is 0 Å². The molecule has 0 rings (SSSR count). The van der Waals surface area contributed by atoms with Crippen LogP contribution in [0.2, 0.25) is 0 Å². The SMILES string of the molecule is O=S(=O)(O)CCCN(CCCCO)CCCCO. The minimum atomic E-state index is -3.88. The van der Waals surface area contributed by atoms with Crippen molar-refractivity contribution in [1.29, 1.82) is 0 Å². The second-order valence-electron chi connectivity index (χ2n) is 4.34. The van der Waals surface area contributed by atoms with Crippen molar-refractivity contribution < 1.29 is 23.2 Å². The molecule has 18 heavy (non-hydrogen) atoms. The van der Waals surface area contributed by atoms with Crippen molar-refractivity contribution in [2.24, 2.45) is 0 Å². The van der Waals surface area contributed by atoms with Gasteiger partial charge in [0.1, 0.15) is 0 Å². The van der Waals surface area contributed by atoms with Crippen LogP contribution in [0.25, 0.3) is 0 Å². The maximum atomic E-state index is 10.6. The Bertz CT molecular complexity index is 271. The first-order valence-corrected chi connectivity index (χ1v) is 7.99. The highest BCUT2D eigenvalue weighted by Gasteiger charge is 2.08. The molecule has 0 bridgehead atoms. The van der Waals surface area contributed by atoms with E-state index in [0.29, 0.717) is 13.0 Å². The summed E-state index contributed by atoms with van der Waals surface area (Å²) in [6.45, 7) is 2.54. The van der Waals surface area contributed by atoms with Gasteiger partial charge in [-0.1, -0.05) is 0 Å². The second-order valence-corrected chi connectivity index (χ2v) is 5.91. The van der Waals surface area contributed by atoms with E-state index in [1.54, 1.807) is 0 Å². The molecule has 3 N–H and O–H groups in total. The van der Waals surface area contributed by atoms with Gasteiger partial charge >= 0.3 is 0 Å². The van der Waals surface area contributed by atoms with E-state index in [-0.39, 0.29) is 19.0 Å². The Balaban J connectivity index is 3.87. The van der Waals surface area contributed by atoms with Crippen LogP contribution in [0.15, 0.2) is 0 Å². The predicted octanol–water partition coefficient (Wildman–Crippen LogP) is 0.111. The van der Waals surface area contributed by atoms with Crippen LogP contribution in [0, 0.1) is 0 Å². The highest BCUT2D eigenvalue weighted by molar-refractivity contribution is 7.85. The third-order valence-corrected chi connectivity index (χ3v) is 3.45. The number of rotatable bonds is 12. The number of hydrogen-bond donors (Lipinski definition) is 3. The molecule has 0 fully saturated rings. The van der Waals surface area contributed by atoms with Crippen molar-refractivity contribution in [3.63, 3.8) is 0 Å². The minimum Gasteiger partial charge on any atom is -0.396 e. The first-order chi connectivity index (χ1) is 8.49. The highest BCUT2D eigenvalue weighted by atomic mass is 32.2. The topological polar surface area (TPSA) is 98.1 Å². The van der Waals surface area contributed by atoms with Gasteiger partial charge in [0.05, 0.1) is 5.75 Å². The molecular formula is C11H25NO5S. The average molecular weight is 283 g/mol. The number of aliphatic hydroxyl groups is 2. The maximum absolute atomic E-state index is 10.6. The van der Waals surface area contributed by atoms with Crippen LogP contribution in [0.1, 0.15) is 32.1 Å². The zero-order valence-corrected chi connectivity index (χ0v) is 11.6. The van der Waals surface area contributed by atoms with Crippen molar-refractivity contribution in [2.75, 3.05) is 38.6 Å². The van der Waals surface area contributed by atoms with Crippen LogP contribution in [-0.4, -0.2) is 66.7 Å². The molecule has 6 nitrogen and oxygen atoms in total. The summed E-state index contributed by atoms with van der Waals surface area (Å²) in [5.74, 6) is -0.219. The number of aliphatic hydroxyl groups excluding tert-OH is 2.